The van der Waals surface area contributed by atoms with Crippen LogP contribution in [0.1, 0.15) is 49.4 Å². The number of halogens is 1. The number of aromatic nitrogens is 2. The Morgan fingerprint density at radius 2 is 1.90 bits per heavy atom. The molecular formula is C25H28ClN3O2. The molecule has 0 aliphatic carbocycles. The molecule has 3 aromatic rings. The van der Waals surface area contributed by atoms with Crippen molar-refractivity contribution in [3.8, 4) is 5.75 Å². The van der Waals surface area contributed by atoms with Crippen LogP contribution in [0.15, 0.2) is 48.8 Å². The minimum absolute atomic E-state index is 0.0930. The van der Waals surface area contributed by atoms with Gasteiger partial charge >= 0.3 is 0 Å². The van der Waals surface area contributed by atoms with Gasteiger partial charge in [0.05, 0.1) is 5.02 Å². The lowest BCUT2D eigenvalue weighted by atomic mass is 9.99. The zero-order valence-electron chi connectivity index (χ0n) is 17.8. The number of benzene rings is 1. The number of pyridine rings is 1. The number of carbonyl (C=O) groups is 1. The molecule has 0 saturated carbocycles. The molecule has 2 aliphatic heterocycles. The van der Waals surface area contributed by atoms with E-state index in [1.54, 1.807) is 13.1 Å². The molecule has 2 saturated heterocycles. The highest BCUT2D eigenvalue weighted by atomic mass is 35.5. The summed E-state index contributed by atoms with van der Waals surface area (Å²) in [7, 11) is 0. The fraction of sp³-hybridized carbons (Fsp3) is 0.440. The minimum Gasteiger partial charge on any atom is -0.489 e. The van der Waals surface area contributed by atoms with Crippen LogP contribution in [0.4, 0.5) is 0 Å². The number of carbonyl (C=O) groups excluding carboxylic acids is 1. The number of ketones is 1. The lowest BCUT2D eigenvalue weighted by Crippen LogP contribution is -2.46. The molecule has 5 rings (SSSR count). The average Bonchev–Trinajstić information content (AvgIpc) is 3.24. The minimum atomic E-state index is 0.0930. The maximum absolute atomic E-state index is 12.0. The van der Waals surface area contributed by atoms with Crippen molar-refractivity contribution < 1.29 is 9.53 Å². The van der Waals surface area contributed by atoms with Crippen molar-refractivity contribution in [3.63, 3.8) is 0 Å². The summed E-state index contributed by atoms with van der Waals surface area (Å²) >= 11 is 6.29. The second kappa shape index (κ2) is 8.64. The van der Waals surface area contributed by atoms with Gasteiger partial charge in [0.25, 0.3) is 0 Å². The Hall–Kier alpha value is -2.37. The van der Waals surface area contributed by atoms with Gasteiger partial charge in [0.1, 0.15) is 17.5 Å². The van der Waals surface area contributed by atoms with Gasteiger partial charge in [0.2, 0.25) is 0 Å². The van der Waals surface area contributed by atoms with Crippen LogP contribution < -0.4 is 4.74 Å². The first-order valence-corrected chi connectivity index (χ1v) is 11.6. The number of nitrogens with zero attached hydrogens (tertiary/aromatic N) is 3. The number of aryl methyl sites for hydroxylation is 1. The zero-order chi connectivity index (χ0) is 21.4. The molecule has 4 heterocycles. The molecule has 0 amide bonds. The molecule has 31 heavy (non-hydrogen) atoms. The summed E-state index contributed by atoms with van der Waals surface area (Å²) in [5.41, 5.74) is 1.67. The van der Waals surface area contributed by atoms with Crippen LogP contribution in [-0.2, 0) is 6.54 Å². The van der Waals surface area contributed by atoms with E-state index < -0.39 is 0 Å². The summed E-state index contributed by atoms with van der Waals surface area (Å²) in [6, 6.07) is 12.8. The second-order valence-electron chi connectivity index (χ2n) is 8.78. The van der Waals surface area contributed by atoms with E-state index in [4.69, 9.17) is 16.3 Å². The van der Waals surface area contributed by atoms with Crippen molar-refractivity contribution >= 4 is 28.4 Å². The van der Waals surface area contributed by atoms with E-state index in [2.05, 4.69) is 14.5 Å². The highest BCUT2D eigenvalue weighted by Gasteiger charge is 2.41. The number of rotatable bonds is 7. The Morgan fingerprint density at radius 3 is 2.65 bits per heavy atom. The van der Waals surface area contributed by atoms with Crippen molar-refractivity contribution in [2.24, 2.45) is 0 Å². The predicted molar refractivity (Wildman–Crippen MR) is 123 cm³/mol. The van der Waals surface area contributed by atoms with Crippen LogP contribution >= 0.6 is 11.6 Å². The van der Waals surface area contributed by atoms with Gasteiger partial charge in [0, 0.05) is 48.5 Å². The molecule has 162 valence electrons. The number of piperidine rings is 1. The third-order valence-corrected chi connectivity index (χ3v) is 7.11. The summed E-state index contributed by atoms with van der Waals surface area (Å²) in [6.45, 7) is 3.56. The van der Waals surface area contributed by atoms with E-state index in [0.717, 1.165) is 54.7 Å². The fourth-order valence-electron chi connectivity index (χ4n) is 5.40. The van der Waals surface area contributed by atoms with E-state index in [9.17, 15) is 4.79 Å². The molecule has 6 heteroatoms. The molecule has 2 aliphatic rings. The van der Waals surface area contributed by atoms with Crippen LogP contribution in [0.25, 0.3) is 11.0 Å². The number of hydrogen-bond donors (Lipinski definition) is 0. The topological polar surface area (TPSA) is 47.4 Å². The van der Waals surface area contributed by atoms with Crippen molar-refractivity contribution in [1.82, 2.24) is 14.5 Å². The summed E-state index contributed by atoms with van der Waals surface area (Å²) in [6.07, 6.45) is 9.66. The van der Waals surface area contributed by atoms with Crippen molar-refractivity contribution in [2.45, 2.75) is 63.8 Å². The zero-order valence-corrected chi connectivity index (χ0v) is 18.6. The van der Waals surface area contributed by atoms with Crippen molar-refractivity contribution in [1.29, 1.82) is 0 Å². The fourth-order valence-corrected chi connectivity index (χ4v) is 5.58. The molecule has 2 fully saturated rings. The van der Waals surface area contributed by atoms with Gasteiger partial charge in [-0.15, -0.1) is 0 Å². The standard InChI is InChI=1S/C25H28ClN3O2/c1-17(30)22-16-28(25-21(22)6-4-11-27-25)12-5-13-29-18-9-10-19(29)15-20(14-18)31-24-8-3-2-7-23(24)26/h2-4,6-8,11,16,18-20H,5,9-10,12-15H2,1H3. The second-order valence-corrected chi connectivity index (χ2v) is 9.19. The van der Waals surface area contributed by atoms with Gasteiger partial charge in [-0.2, -0.15) is 0 Å². The summed E-state index contributed by atoms with van der Waals surface area (Å²) in [4.78, 5) is 19.2. The first kappa shape index (κ1) is 20.5. The SMILES string of the molecule is CC(=O)c1cn(CCCN2C3CCC2CC(Oc2ccccc2Cl)C3)c2ncccc12. The van der Waals surface area contributed by atoms with E-state index in [0.29, 0.717) is 17.1 Å². The van der Waals surface area contributed by atoms with Gasteiger partial charge < -0.3 is 9.30 Å². The van der Waals surface area contributed by atoms with Crippen molar-refractivity contribution in [2.75, 3.05) is 6.54 Å². The molecule has 0 spiro atoms. The molecule has 0 radical (unpaired) electrons. The van der Waals surface area contributed by atoms with Crippen LogP contribution in [-0.4, -0.2) is 45.0 Å². The van der Waals surface area contributed by atoms with Crippen LogP contribution in [0.2, 0.25) is 5.02 Å². The highest BCUT2D eigenvalue weighted by molar-refractivity contribution is 6.32. The Kier molecular flexibility index (Phi) is 5.72. The Labute approximate surface area is 188 Å². The van der Waals surface area contributed by atoms with Gasteiger partial charge in [-0.3, -0.25) is 9.69 Å². The van der Waals surface area contributed by atoms with E-state index >= 15 is 0 Å². The Balaban J connectivity index is 1.21. The van der Waals surface area contributed by atoms with Crippen molar-refractivity contribution in [3.05, 3.63) is 59.4 Å². The summed E-state index contributed by atoms with van der Waals surface area (Å²) < 4.78 is 8.40. The van der Waals surface area contributed by atoms with Gasteiger partial charge in [-0.1, -0.05) is 23.7 Å². The summed E-state index contributed by atoms with van der Waals surface area (Å²) in [5.74, 6) is 0.894. The molecule has 5 nitrogen and oxygen atoms in total. The maximum Gasteiger partial charge on any atom is 0.162 e. The van der Waals surface area contributed by atoms with Gasteiger partial charge in [-0.05, 0) is 63.3 Å². The highest BCUT2D eigenvalue weighted by Crippen LogP contribution is 2.38. The quantitative estimate of drug-likeness (QED) is 0.467. The van der Waals surface area contributed by atoms with Gasteiger partial charge in [0.15, 0.2) is 5.78 Å². The number of ether oxygens (including phenoxy) is 1. The molecular weight excluding hydrogens is 410 g/mol. The number of para-hydroxylation sites is 1. The van der Waals surface area contributed by atoms with E-state index in [1.165, 1.54) is 12.8 Å². The van der Waals surface area contributed by atoms with E-state index in [1.807, 2.05) is 42.6 Å². The molecule has 2 atom stereocenters. The third kappa shape index (κ3) is 4.09. The average molecular weight is 438 g/mol. The lowest BCUT2D eigenvalue weighted by Gasteiger charge is -2.39. The van der Waals surface area contributed by atoms with Crippen LogP contribution in [0, 0.1) is 0 Å². The first-order valence-electron chi connectivity index (χ1n) is 11.2. The number of Topliss-reactive ketones (excluding diaryl/α,β-unsaturated/α-hetero) is 1. The van der Waals surface area contributed by atoms with Crippen LogP contribution in [0.5, 0.6) is 5.75 Å². The maximum atomic E-state index is 12.0. The van der Waals surface area contributed by atoms with Gasteiger partial charge in [-0.25, -0.2) is 4.98 Å². The Bertz CT molecular complexity index is 1080. The summed E-state index contributed by atoms with van der Waals surface area (Å²) in [5, 5.41) is 1.64. The number of hydrogen-bond acceptors (Lipinski definition) is 4. The third-order valence-electron chi connectivity index (χ3n) is 6.80. The molecule has 2 aromatic heterocycles. The van der Waals surface area contributed by atoms with E-state index in [-0.39, 0.29) is 11.9 Å². The molecule has 2 bridgehead atoms. The molecule has 0 N–H and O–H groups in total. The smallest absolute Gasteiger partial charge is 0.162 e. The van der Waals surface area contributed by atoms with Crippen LogP contribution in [0.3, 0.4) is 0 Å². The Morgan fingerprint density at radius 1 is 1.13 bits per heavy atom. The first-order chi connectivity index (χ1) is 15.1. The monoisotopic (exact) mass is 437 g/mol. The predicted octanol–water partition coefficient (Wildman–Crippen LogP) is 5.36. The molecule has 1 aromatic carbocycles. The normalized spacial score (nSPS) is 23.4. The number of fused-ring (bicyclic) bond motifs is 3. The largest absolute Gasteiger partial charge is 0.489 e. The lowest BCUT2D eigenvalue weighted by molar-refractivity contribution is 0.0482. The molecule has 2 unspecified atom stereocenters.